The molecule has 0 aromatic heterocycles. The van der Waals surface area contributed by atoms with Crippen molar-refractivity contribution in [2.45, 2.75) is 10.9 Å². The van der Waals surface area contributed by atoms with Gasteiger partial charge < -0.3 is 9.84 Å². The first kappa shape index (κ1) is 16.9. The third-order valence-electron chi connectivity index (χ3n) is 2.35. The lowest BCUT2D eigenvalue weighted by Crippen LogP contribution is -2.43. The number of nitro groups is 1. The van der Waals surface area contributed by atoms with Gasteiger partial charge >= 0.3 is 11.7 Å². The SMILES string of the molecule is COCC(NS(=O)(=O)c1ccc([N+](=O)[O-])c(F)c1)C(=O)O. The monoisotopic (exact) mass is 322 g/mol. The van der Waals surface area contributed by atoms with E-state index in [1.165, 1.54) is 7.11 Å². The minimum atomic E-state index is -4.37. The van der Waals surface area contributed by atoms with Crippen molar-refractivity contribution in [1.82, 2.24) is 4.72 Å². The van der Waals surface area contributed by atoms with Crippen LogP contribution in [0.2, 0.25) is 0 Å². The lowest BCUT2D eigenvalue weighted by molar-refractivity contribution is -0.387. The number of aliphatic carboxylic acids is 1. The Morgan fingerprint density at radius 1 is 1.57 bits per heavy atom. The number of carbonyl (C=O) groups is 1. The summed E-state index contributed by atoms with van der Waals surface area (Å²) in [5, 5.41) is 19.3. The Kier molecular flexibility index (Phi) is 5.29. The Bertz CT molecular complexity index is 661. The number of hydrogen-bond donors (Lipinski definition) is 2. The topological polar surface area (TPSA) is 136 Å². The highest BCUT2D eigenvalue weighted by atomic mass is 32.2. The van der Waals surface area contributed by atoms with Crippen LogP contribution in [0.4, 0.5) is 10.1 Å². The van der Waals surface area contributed by atoms with Crippen molar-refractivity contribution in [3.63, 3.8) is 0 Å². The number of carboxylic acid groups (broad SMARTS) is 1. The Hall–Kier alpha value is -2.11. The van der Waals surface area contributed by atoms with E-state index in [0.717, 1.165) is 6.07 Å². The second-order valence-corrected chi connectivity index (χ2v) is 5.55. The van der Waals surface area contributed by atoms with Gasteiger partial charge in [0.1, 0.15) is 6.04 Å². The molecule has 0 aliphatic carbocycles. The number of sulfonamides is 1. The highest BCUT2D eigenvalue weighted by molar-refractivity contribution is 7.89. The van der Waals surface area contributed by atoms with Crippen molar-refractivity contribution in [3.05, 3.63) is 34.1 Å². The number of nitrogens with one attached hydrogen (secondary N) is 1. The van der Waals surface area contributed by atoms with Crippen molar-refractivity contribution in [2.75, 3.05) is 13.7 Å². The van der Waals surface area contributed by atoms with E-state index in [2.05, 4.69) is 4.74 Å². The van der Waals surface area contributed by atoms with E-state index in [1.807, 2.05) is 0 Å². The largest absolute Gasteiger partial charge is 0.480 e. The first-order valence-electron chi connectivity index (χ1n) is 5.37. The van der Waals surface area contributed by atoms with Gasteiger partial charge in [-0.25, -0.2) is 8.42 Å². The van der Waals surface area contributed by atoms with Crippen molar-refractivity contribution < 1.29 is 32.4 Å². The number of halogens is 1. The summed E-state index contributed by atoms with van der Waals surface area (Å²) in [6.45, 7) is -0.440. The number of methoxy groups -OCH3 is 1. The Morgan fingerprint density at radius 3 is 2.62 bits per heavy atom. The normalized spacial score (nSPS) is 12.9. The summed E-state index contributed by atoms with van der Waals surface area (Å²) in [5.74, 6) is -2.83. The van der Waals surface area contributed by atoms with E-state index >= 15 is 0 Å². The molecule has 11 heteroatoms. The van der Waals surface area contributed by atoms with Crippen LogP contribution in [-0.4, -0.2) is 44.2 Å². The van der Waals surface area contributed by atoms with Crippen LogP contribution in [0.5, 0.6) is 0 Å². The molecule has 0 fully saturated rings. The average molecular weight is 322 g/mol. The maximum atomic E-state index is 13.4. The predicted octanol–water partition coefficient (Wildman–Crippen LogP) is 0.112. The van der Waals surface area contributed by atoms with Gasteiger partial charge in [-0.15, -0.1) is 0 Å². The molecule has 0 saturated heterocycles. The smallest absolute Gasteiger partial charge is 0.324 e. The van der Waals surface area contributed by atoms with Gasteiger partial charge in [-0.1, -0.05) is 0 Å². The van der Waals surface area contributed by atoms with Crippen molar-refractivity contribution in [2.24, 2.45) is 0 Å². The summed E-state index contributed by atoms with van der Waals surface area (Å²) in [6, 6.07) is 0.343. The molecule has 1 aromatic rings. The molecule has 0 heterocycles. The zero-order chi connectivity index (χ0) is 16.2. The van der Waals surface area contributed by atoms with Gasteiger partial charge in [-0.05, 0) is 6.07 Å². The van der Waals surface area contributed by atoms with Gasteiger partial charge in [0.05, 0.1) is 16.4 Å². The maximum absolute atomic E-state index is 13.4. The summed E-state index contributed by atoms with van der Waals surface area (Å²) < 4.78 is 43.5. The van der Waals surface area contributed by atoms with Crippen LogP contribution in [-0.2, 0) is 19.6 Å². The highest BCUT2D eigenvalue weighted by Gasteiger charge is 2.27. The summed E-state index contributed by atoms with van der Waals surface area (Å²) in [4.78, 5) is 19.6. The molecule has 9 nitrogen and oxygen atoms in total. The van der Waals surface area contributed by atoms with Crippen LogP contribution < -0.4 is 4.72 Å². The fourth-order valence-electron chi connectivity index (χ4n) is 1.38. The molecule has 1 atom stereocenters. The molecular formula is C10H11FN2O7S. The van der Waals surface area contributed by atoms with Gasteiger partial charge in [-0.3, -0.25) is 14.9 Å². The summed E-state index contributed by atoms with van der Waals surface area (Å²) in [6.07, 6.45) is 0. The molecule has 2 N–H and O–H groups in total. The van der Waals surface area contributed by atoms with E-state index in [-0.39, 0.29) is 0 Å². The second kappa shape index (κ2) is 6.56. The van der Waals surface area contributed by atoms with Crippen molar-refractivity contribution >= 4 is 21.7 Å². The van der Waals surface area contributed by atoms with Gasteiger partial charge in [0.25, 0.3) is 0 Å². The maximum Gasteiger partial charge on any atom is 0.324 e. The van der Waals surface area contributed by atoms with E-state index in [0.29, 0.717) is 12.1 Å². The van der Waals surface area contributed by atoms with Crippen LogP contribution in [0, 0.1) is 15.9 Å². The number of ether oxygens (including phenoxy) is 1. The number of hydrogen-bond acceptors (Lipinski definition) is 6. The zero-order valence-corrected chi connectivity index (χ0v) is 11.5. The van der Waals surface area contributed by atoms with Gasteiger partial charge in [0.2, 0.25) is 15.8 Å². The number of benzene rings is 1. The minimum absolute atomic E-state index is 0.437. The van der Waals surface area contributed by atoms with Gasteiger partial charge in [-0.2, -0.15) is 9.11 Å². The second-order valence-electron chi connectivity index (χ2n) is 3.84. The Labute approximate surface area is 118 Å². The molecule has 1 aromatic carbocycles. The summed E-state index contributed by atoms with van der Waals surface area (Å²) >= 11 is 0. The zero-order valence-electron chi connectivity index (χ0n) is 10.6. The van der Waals surface area contributed by atoms with Crippen molar-refractivity contribution in [3.8, 4) is 0 Å². The van der Waals surface area contributed by atoms with Crippen LogP contribution in [0.3, 0.4) is 0 Å². The fraction of sp³-hybridized carbons (Fsp3) is 0.300. The molecule has 1 rings (SSSR count). The molecule has 0 radical (unpaired) electrons. The van der Waals surface area contributed by atoms with Crippen LogP contribution >= 0.6 is 0 Å². The van der Waals surface area contributed by atoms with Crippen LogP contribution in [0.1, 0.15) is 0 Å². The van der Waals surface area contributed by atoms with E-state index < -0.39 is 50.0 Å². The highest BCUT2D eigenvalue weighted by Crippen LogP contribution is 2.20. The molecule has 0 amide bonds. The number of rotatable bonds is 7. The molecule has 0 aliphatic rings. The third kappa shape index (κ3) is 4.18. The van der Waals surface area contributed by atoms with E-state index in [1.54, 1.807) is 4.72 Å². The van der Waals surface area contributed by atoms with Gasteiger partial charge in [0, 0.05) is 19.2 Å². The first-order chi connectivity index (χ1) is 9.69. The number of nitro benzene ring substituents is 1. The summed E-state index contributed by atoms with van der Waals surface area (Å²) in [5.41, 5.74) is -0.888. The fourth-order valence-corrected chi connectivity index (χ4v) is 2.57. The number of carboxylic acids is 1. The average Bonchev–Trinajstić information content (AvgIpc) is 2.37. The van der Waals surface area contributed by atoms with Gasteiger partial charge in [0.15, 0.2) is 0 Å². The molecular weight excluding hydrogens is 311 g/mol. The molecule has 0 aliphatic heterocycles. The predicted molar refractivity (Wildman–Crippen MR) is 66.7 cm³/mol. The molecule has 0 bridgehead atoms. The van der Waals surface area contributed by atoms with Crippen LogP contribution in [0.15, 0.2) is 23.1 Å². The third-order valence-corrected chi connectivity index (χ3v) is 3.82. The Morgan fingerprint density at radius 2 is 2.19 bits per heavy atom. The molecule has 0 saturated carbocycles. The van der Waals surface area contributed by atoms with E-state index in [4.69, 9.17) is 5.11 Å². The molecule has 21 heavy (non-hydrogen) atoms. The molecule has 1 unspecified atom stereocenters. The van der Waals surface area contributed by atoms with Crippen LogP contribution in [0.25, 0.3) is 0 Å². The number of nitrogens with zero attached hydrogens (tertiary/aromatic N) is 1. The Balaban J connectivity index is 3.10. The lowest BCUT2D eigenvalue weighted by Gasteiger charge is -2.13. The lowest BCUT2D eigenvalue weighted by atomic mass is 10.3. The first-order valence-corrected chi connectivity index (χ1v) is 6.85. The van der Waals surface area contributed by atoms with E-state index in [9.17, 15) is 27.7 Å². The van der Waals surface area contributed by atoms with Crippen molar-refractivity contribution in [1.29, 1.82) is 0 Å². The quantitative estimate of drug-likeness (QED) is 0.537. The molecule has 0 spiro atoms. The summed E-state index contributed by atoms with van der Waals surface area (Å²) in [7, 11) is -3.19. The standard InChI is InChI=1S/C10H11FN2O7S/c1-20-5-8(10(14)15)12-21(18,19)6-2-3-9(13(16)17)7(11)4-6/h2-4,8,12H,5H2,1H3,(H,14,15). The minimum Gasteiger partial charge on any atom is -0.480 e. The molecule has 116 valence electrons.